The summed E-state index contributed by atoms with van der Waals surface area (Å²) in [5.74, 6) is 0.128. The fourth-order valence-corrected chi connectivity index (χ4v) is 12.6. The normalized spacial score (nSPS) is 24.9. The summed E-state index contributed by atoms with van der Waals surface area (Å²) in [4.78, 5) is 17.0. The molecule has 0 unspecified atom stereocenters. The van der Waals surface area contributed by atoms with Gasteiger partial charge in [-0.3, -0.25) is 4.79 Å². The number of hydrogen-bond donors (Lipinski definition) is 0. The zero-order valence-electron chi connectivity index (χ0n) is 27.0. The molecular weight excluding hydrogens is 571 g/mol. The van der Waals surface area contributed by atoms with Gasteiger partial charge in [-0.25, -0.2) is 0 Å². The zero-order valence-corrected chi connectivity index (χ0v) is 28.0. The maximum atomic E-state index is 14.9. The lowest BCUT2D eigenvalue weighted by Crippen LogP contribution is -2.67. The van der Waals surface area contributed by atoms with E-state index in [0.717, 1.165) is 11.1 Å². The number of carbonyl (C=O) groups is 1. The van der Waals surface area contributed by atoms with Gasteiger partial charge in [0.05, 0.1) is 18.1 Å². The van der Waals surface area contributed by atoms with E-state index < -0.39 is 19.5 Å². The molecule has 6 rings (SSSR count). The maximum Gasteiger partial charge on any atom is 0.261 e. The van der Waals surface area contributed by atoms with Crippen LogP contribution in [0.1, 0.15) is 57.8 Å². The first kappa shape index (κ1) is 31.2. The summed E-state index contributed by atoms with van der Waals surface area (Å²) in [6.07, 6.45) is 3.42. The highest BCUT2D eigenvalue weighted by molar-refractivity contribution is 6.99. The monoisotopic (exact) mass is 615 g/mol. The molecule has 0 saturated carbocycles. The van der Waals surface area contributed by atoms with Crippen LogP contribution in [-0.4, -0.2) is 37.5 Å². The Kier molecular flexibility index (Phi) is 8.46. The summed E-state index contributed by atoms with van der Waals surface area (Å²) >= 11 is 0. The van der Waals surface area contributed by atoms with Gasteiger partial charge in [0.25, 0.3) is 8.32 Å². The molecule has 2 heterocycles. The second kappa shape index (κ2) is 12.2. The van der Waals surface area contributed by atoms with Crippen LogP contribution in [0.25, 0.3) is 0 Å². The SMILES string of the molecule is C=CC[C@@]1(Cc2ccccc2)C[C@@]2(C)O[C@@H](c3ccccc3)[C@H](CO[Si](c3ccccc3)(c3ccccc3)C(C)(C)C)N2C1=O. The van der Waals surface area contributed by atoms with Crippen molar-refractivity contribution in [2.45, 2.75) is 69.9 Å². The third kappa shape index (κ3) is 5.52. The van der Waals surface area contributed by atoms with Crippen LogP contribution in [0.3, 0.4) is 0 Å². The number of fused-ring (bicyclic) bond motifs is 1. The second-order valence-corrected chi connectivity index (χ2v) is 18.3. The minimum Gasteiger partial charge on any atom is -0.405 e. The minimum absolute atomic E-state index is 0.128. The van der Waals surface area contributed by atoms with Crippen LogP contribution in [0, 0.1) is 5.41 Å². The Morgan fingerprint density at radius 3 is 1.89 bits per heavy atom. The molecule has 0 aromatic heterocycles. The van der Waals surface area contributed by atoms with Gasteiger partial charge in [0.2, 0.25) is 5.91 Å². The van der Waals surface area contributed by atoms with E-state index in [9.17, 15) is 4.79 Å². The van der Waals surface area contributed by atoms with Gasteiger partial charge in [-0.05, 0) is 46.3 Å². The Labute approximate surface area is 269 Å². The van der Waals surface area contributed by atoms with E-state index in [1.807, 2.05) is 42.5 Å². The highest BCUT2D eigenvalue weighted by Gasteiger charge is 2.65. The van der Waals surface area contributed by atoms with Crippen LogP contribution in [0.5, 0.6) is 0 Å². The summed E-state index contributed by atoms with van der Waals surface area (Å²) in [5, 5.41) is 2.26. The molecule has 2 fully saturated rings. The van der Waals surface area contributed by atoms with Crippen molar-refractivity contribution in [2.24, 2.45) is 5.41 Å². The molecule has 1 amide bonds. The van der Waals surface area contributed by atoms with Crippen molar-refractivity contribution < 1.29 is 14.0 Å². The quantitative estimate of drug-likeness (QED) is 0.137. The van der Waals surface area contributed by atoms with Crippen molar-refractivity contribution in [2.75, 3.05) is 6.61 Å². The molecule has 5 heteroatoms. The van der Waals surface area contributed by atoms with Crippen molar-refractivity contribution in [3.63, 3.8) is 0 Å². The second-order valence-electron chi connectivity index (χ2n) is 14.0. The number of hydrogen-bond acceptors (Lipinski definition) is 3. The van der Waals surface area contributed by atoms with Crippen LogP contribution in [-0.2, 0) is 20.4 Å². The van der Waals surface area contributed by atoms with E-state index in [0.29, 0.717) is 25.9 Å². The summed E-state index contributed by atoms with van der Waals surface area (Å²) in [6, 6.07) is 41.8. The first-order chi connectivity index (χ1) is 21.6. The summed E-state index contributed by atoms with van der Waals surface area (Å²) in [7, 11) is -2.86. The molecule has 2 aliphatic heterocycles. The molecule has 4 aromatic carbocycles. The number of benzene rings is 4. The molecule has 45 heavy (non-hydrogen) atoms. The highest BCUT2D eigenvalue weighted by atomic mass is 28.4. The predicted octanol–water partition coefficient (Wildman–Crippen LogP) is 7.46. The minimum atomic E-state index is -2.86. The standard InChI is InChI=1S/C40H45NO3Si/c1-6-27-40(28-31-19-11-7-12-20-31)30-39(5)41(37(40)42)35(36(44-39)32-21-13-8-14-22-32)29-43-45(38(2,3)4,33-23-15-9-16-24-33)34-25-17-10-18-26-34/h6-26,35-36H,1,27-30H2,2-5H3/t35-,36-,39+,40+/m0/s1. The van der Waals surface area contributed by atoms with Gasteiger partial charge >= 0.3 is 0 Å². The maximum absolute atomic E-state index is 14.9. The largest absolute Gasteiger partial charge is 0.405 e. The average molecular weight is 616 g/mol. The highest BCUT2D eigenvalue weighted by Crippen LogP contribution is 2.56. The third-order valence-corrected chi connectivity index (χ3v) is 14.9. The van der Waals surface area contributed by atoms with E-state index in [4.69, 9.17) is 9.16 Å². The molecule has 2 aliphatic rings. The predicted molar refractivity (Wildman–Crippen MR) is 185 cm³/mol. The van der Waals surface area contributed by atoms with Crippen LogP contribution in [0.15, 0.2) is 134 Å². The number of allylic oxidation sites excluding steroid dienone is 1. The smallest absolute Gasteiger partial charge is 0.261 e. The lowest BCUT2D eigenvalue weighted by molar-refractivity contribution is -0.142. The van der Waals surface area contributed by atoms with Crippen LogP contribution in [0.2, 0.25) is 5.04 Å². The Balaban J connectivity index is 1.44. The van der Waals surface area contributed by atoms with E-state index in [1.54, 1.807) is 0 Å². The summed E-state index contributed by atoms with van der Waals surface area (Å²) < 4.78 is 14.5. The Morgan fingerprint density at radius 2 is 1.38 bits per heavy atom. The topological polar surface area (TPSA) is 38.8 Å². The fourth-order valence-electron chi connectivity index (χ4n) is 8.05. The van der Waals surface area contributed by atoms with E-state index in [2.05, 4.69) is 124 Å². The number of nitrogens with zero attached hydrogens (tertiary/aromatic N) is 1. The molecule has 0 bridgehead atoms. The molecule has 0 spiro atoms. The Hall–Kier alpha value is -3.77. The molecule has 0 aliphatic carbocycles. The van der Waals surface area contributed by atoms with Crippen molar-refractivity contribution in [1.82, 2.24) is 4.90 Å². The lowest BCUT2D eigenvalue weighted by Gasteiger charge is -2.44. The molecule has 4 atom stereocenters. The van der Waals surface area contributed by atoms with Gasteiger partial charge in [0.15, 0.2) is 0 Å². The third-order valence-electron chi connectivity index (χ3n) is 9.85. The van der Waals surface area contributed by atoms with Gasteiger partial charge in [-0.2, -0.15) is 0 Å². The molecule has 2 saturated heterocycles. The molecular formula is C40H45NO3Si. The van der Waals surface area contributed by atoms with Gasteiger partial charge in [0, 0.05) is 6.42 Å². The zero-order chi connectivity index (χ0) is 31.7. The van der Waals surface area contributed by atoms with E-state index in [-0.39, 0.29) is 23.1 Å². The average Bonchev–Trinajstić information content (AvgIpc) is 3.44. The van der Waals surface area contributed by atoms with Crippen LogP contribution < -0.4 is 10.4 Å². The summed E-state index contributed by atoms with van der Waals surface area (Å²) in [5.41, 5.74) is 0.816. The number of ether oxygens (including phenoxy) is 1. The molecule has 4 nitrogen and oxygen atoms in total. The number of amides is 1. The van der Waals surface area contributed by atoms with Crippen LogP contribution in [0.4, 0.5) is 0 Å². The summed E-state index contributed by atoms with van der Waals surface area (Å²) in [6.45, 7) is 13.4. The number of carbonyl (C=O) groups excluding carboxylic acids is 1. The van der Waals surface area contributed by atoms with Gasteiger partial charge in [-0.1, -0.05) is 148 Å². The van der Waals surface area contributed by atoms with Crippen molar-refractivity contribution in [3.8, 4) is 0 Å². The first-order valence-electron chi connectivity index (χ1n) is 16.1. The molecule has 0 N–H and O–H groups in total. The van der Waals surface area contributed by atoms with Crippen molar-refractivity contribution >= 4 is 24.6 Å². The van der Waals surface area contributed by atoms with E-state index in [1.165, 1.54) is 10.4 Å². The van der Waals surface area contributed by atoms with Gasteiger partial charge in [-0.15, -0.1) is 6.58 Å². The molecule has 0 radical (unpaired) electrons. The van der Waals surface area contributed by atoms with Crippen molar-refractivity contribution in [3.05, 3.63) is 145 Å². The number of rotatable bonds is 10. The lowest BCUT2D eigenvalue weighted by atomic mass is 9.75. The molecule has 232 valence electrons. The van der Waals surface area contributed by atoms with Gasteiger partial charge < -0.3 is 14.1 Å². The molecule has 4 aromatic rings. The van der Waals surface area contributed by atoms with Crippen molar-refractivity contribution in [1.29, 1.82) is 0 Å². The Morgan fingerprint density at radius 1 is 0.867 bits per heavy atom. The fraction of sp³-hybridized carbons (Fsp3) is 0.325. The van der Waals surface area contributed by atoms with E-state index >= 15 is 0 Å². The first-order valence-corrected chi connectivity index (χ1v) is 18.0. The van der Waals surface area contributed by atoms with Crippen LogP contribution >= 0.6 is 0 Å². The van der Waals surface area contributed by atoms with Gasteiger partial charge in [0.1, 0.15) is 11.8 Å². The Bertz CT molecular complexity index is 1570.